The van der Waals surface area contributed by atoms with Crippen LogP contribution < -0.4 is 4.90 Å². The number of piperazine rings is 1. The number of piperidine rings is 1. The van der Waals surface area contributed by atoms with Gasteiger partial charge >= 0.3 is 0 Å². The van der Waals surface area contributed by atoms with Crippen LogP contribution in [-0.2, 0) is 11.5 Å². The number of hydrogen-bond acceptors (Lipinski definition) is 6. The lowest BCUT2D eigenvalue weighted by Gasteiger charge is -2.35. The highest BCUT2D eigenvalue weighted by Crippen LogP contribution is 2.24. The number of carbonyl (C=O) groups excluding carboxylic acids is 1. The lowest BCUT2D eigenvalue weighted by Crippen LogP contribution is -2.50. The highest BCUT2D eigenvalue weighted by molar-refractivity contribution is 7.71. The van der Waals surface area contributed by atoms with Gasteiger partial charge < -0.3 is 9.80 Å². The predicted molar refractivity (Wildman–Crippen MR) is 137 cm³/mol. The topological polar surface area (TPSA) is 52.8 Å². The third kappa shape index (κ3) is 5.21. The predicted octanol–water partition coefficient (Wildman–Crippen LogP) is 2.90. The van der Waals surface area contributed by atoms with Crippen LogP contribution in [0, 0.1) is 11.7 Å². The van der Waals surface area contributed by atoms with Crippen LogP contribution >= 0.6 is 12.2 Å². The Balaban J connectivity index is 1.25. The van der Waals surface area contributed by atoms with Gasteiger partial charge in [-0.05, 0) is 63.4 Å². The van der Waals surface area contributed by atoms with E-state index in [2.05, 4.69) is 50.5 Å². The molecule has 3 aliphatic rings. The molecule has 1 aromatic carbocycles. The Bertz CT molecular complexity index is 1030. The molecule has 0 saturated carbocycles. The van der Waals surface area contributed by atoms with Gasteiger partial charge in [-0.25, -0.2) is 4.68 Å². The van der Waals surface area contributed by atoms with Crippen molar-refractivity contribution in [2.75, 3.05) is 63.8 Å². The molecule has 3 saturated heterocycles. The maximum absolute atomic E-state index is 12.6. The van der Waals surface area contributed by atoms with Crippen LogP contribution in [0.15, 0.2) is 24.3 Å². The zero-order valence-electron chi connectivity index (χ0n) is 20.4. The van der Waals surface area contributed by atoms with Crippen molar-refractivity contribution in [3.8, 4) is 5.69 Å². The molecule has 0 bridgehead atoms. The summed E-state index contributed by atoms with van der Waals surface area (Å²) in [6.07, 6.45) is 5.95. The van der Waals surface area contributed by atoms with Gasteiger partial charge in [-0.1, -0.05) is 17.7 Å². The maximum Gasteiger partial charge on any atom is 0.236 e. The summed E-state index contributed by atoms with van der Waals surface area (Å²) in [5.41, 5.74) is 2.31. The first-order valence-corrected chi connectivity index (χ1v) is 13.2. The van der Waals surface area contributed by atoms with Crippen molar-refractivity contribution in [2.24, 2.45) is 0 Å². The first kappa shape index (κ1) is 23.5. The molecule has 0 N–H and O–H groups in total. The SMILES string of the molecule is Cc1ccc(-n2c(N3CCCC3)nn(CN3CCN(CC(=O)N4CCCCC4)CC3)c2=S)cc1. The van der Waals surface area contributed by atoms with Gasteiger partial charge in [0.1, 0.15) is 0 Å². The van der Waals surface area contributed by atoms with Gasteiger partial charge in [-0.15, -0.1) is 5.10 Å². The van der Waals surface area contributed by atoms with E-state index in [1.54, 1.807) is 0 Å². The van der Waals surface area contributed by atoms with Gasteiger partial charge in [-0.3, -0.25) is 19.2 Å². The fourth-order valence-corrected chi connectivity index (χ4v) is 5.53. The number of nitrogens with zero attached hydrogens (tertiary/aromatic N) is 7. The van der Waals surface area contributed by atoms with Crippen molar-refractivity contribution in [3.63, 3.8) is 0 Å². The fraction of sp³-hybridized carbons (Fsp3) is 0.640. The van der Waals surface area contributed by atoms with E-state index >= 15 is 0 Å². The van der Waals surface area contributed by atoms with Crippen molar-refractivity contribution >= 4 is 24.1 Å². The molecule has 34 heavy (non-hydrogen) atoms. The van der Waals surface area contributed by atoms with Crippen LogP contribution in [0.2, 0.25) is 0 Å². The third-order valence-corrected chi connectivity index (χ3v) is 7.76. The van der Waals surface area contributed by atoms with Gasteiger partial charge in [0.15, 0.2) is 0 Å². The molecule has 0 radical (unpaired) electrons. The number of aryl methyl sites for hydroxylation is 1. The number of benzene rings is 1. The Labute approximate surface area is 207 Å². The van der Waals surface area contributed by atoms with E-state index in [-0.39, 0.29) is 0 Å². The summed E-state index contributed by atoms with van der Waals surface area (Å²) in [6.45, 7) is 10.9. The lowest BCUT2D eigenvalue weighted by atomic mass is 10.1. The molecule has 3 fully saturated rings. The Kier molecular flexibility index (Phi) is 7.32. The van der Waals surface area contributed by atoms with Crippen LogP contribution in [0.1, 0.15) is 37.7 Å². The molecule has 1 aromatic heterocycles. The summed E-state index contributed by atoms with van der Waals surface area (Å²) < 4.78 is 4.86. The second kappa shape index (κ2) is 10.6. The first-order valence-electron chi connectivity index (χ1n) is 12.8. The normalized spacial score (nSPS) is 20.3. The van der Waals surface area contributed by atoms with E-state index in [0.717, 1.165) is 81.6 Å². The number of likely N-dealkylation sites (tertiary alicyclic amines) is 1. The average Bonchev–Trinajstić information content (AvgIpc) is 3.50. The number of hydrogen-bond donors (Lipinski definition) is 0. The molecule has 5 rings (SSSR count). The second-order valence-electron chi connectivity index (χ2n) is 9.92. The van der Waals surface area contributed by atoms with Crippen molar-refractivity contribution in [1.82, 2.24) is 29.0 Å². The third-order valence-electron chi connectivity index (χ3n) is 7.37. The standard InChI is InChI=1S/C25H37N7OS/c1-21-7-9-22(10-8-21)32-24(30-13-5-6-14-30)26-31(25(32)34)20-28-17-15-27(16-18-28)19-23(33)29-11-3-2-4-12-29/h7-10H,2-6,11-20H2,1H3. The Morgan fingerprint density at radius 2 is 1.47 bits per heavy atom. The number of rotatable bonds is 6. The molecule has 3 aliphatic heterocycles. The second-order valence-corrected chi connectivity index (χ2v) is 10.3. The zero-order chi connectivity index (χ0) is 23.5. The van der Waals surface area contributed by atoms with Gasteiger partial charge in [-0.2, -0.15) is 0 Å². The molecule has 1 amide bonds. The number of aromatic nitrogens is 3. The Morgan fingerprint density at radius 3 is 2.15 bits per heavy atom. The van der Waals surface area contributed by atoms with E-state index < -0.39 is 0 Å². The van der Waals surface area contributed by atoms with E-state index in [4.69, 9.17) is 17.3 Å². The summed E-state index contributed by atoms with van der Waals surface area (Å²) in [5.74, 6) is 1.25. The van der Waals surface area contributed by atoms with Crippen LogP contribution in [0.4, 0.5) is 5.95 Å². The highest BCUT2D eigenvalue weighted by atomic mass is 32.1. The summed E-state index contributed by atoms with van der Waals surface area (Å²) >= 11 is 5.93. The first-order chi connectivity index (χ1) is 16.6. The smallest absolute Gasteiger partial charge is 0.236 e. The van der Waals surface area contributed by atoms with Gasteiger partial charge in [0.2, 0.25) is 16.6 Å². The van der Waals surface area contributed by atoms with E-state index in [1.807, 2.05) is 9.58 Å². The van der Waals surface area contributed by atoms with Crippen molar-refractivity contribution in [2.45, 2.75) is 45.7 Å². The zero-order valence-corrected chi connectivity index (χ0v) is 21.2. The van der Waals surface area contributed by atoms with Crippen LogP contribution in [-0.4, -0.2) is 93.9 Å². The highest BCUT2D eigenvalue weighted by Gasteiger charge is 2.25. The number of carbonyl (C=O) groups is 1. The van der Waals surface area contributed by atoms with E-state index in [0.29, 0.717) is 19.1 Å². The molecule has 0 atom stereocenters. The largest absolute Gasteiger partial charge is 0.342 e. The Morgan fingerprint density at radius 1 is 0.853 bits per heavy atom. The molecule has 184 valence electrons. The summed E-state index contributed by atoms with van der Waals surface area (Å²) in [6, 6.07) is 8.53. The fourth-order valence-electron chi connectivity index (χ4n) is 5.24. The van der Waals surface area contributed by atoms with Crippen molar-refractivity contribution in [3.05, 3.63) is 34.6 Å². The van der Waals surface area contributed by atoms with Gasteiger partial charge in [0.05, 0.1) is 18.9 Å². The van der Waals surface area contributed by atoms with Gasteiger partial charge in [0.25, 0.3) is 0 Å². The van der Waals surface area contributed by atoms with E-state index in [9.17, 15) is 4.79 Å². The molecule has 2 aromatic rings. The average molecular weight is 484 g/mol. The van der Waals surface area contributed by atoms with Gasteiger partial charge in [0, 0.05) is 52.4 Å². The number of anilines is 1. The molecular weight excluding hydrogens is 446 g/mol. The minimum absolute atomic E-state index is 0.294. The molecular formula is C25H37N7OS. The Hall–Kier alpha value is -2.23. The molecule has 0 spiro atoms. The monoisotopic (exact) mass is 483 g/mol. The lowest BCUT2D eigenvalue weighted by molar-refractivity contribution is -0.133. The molecule has 8 nitrogen and oxygen atoms in total. The molecule has 0 unspecified atom stereocenters. The summed E-state index contributed by atoms with van der Waals surface area (Å²) in [7, 11) is 0. The van der Waals surface area contributed by atoms with Crippen molar-refractivity contribution < 1.29 is 4.79 Å². The molecule has 0 aliphatic carbocycles. The summed E-state index contributed by atoms with van der Waals surface area (Å²) in [5, 5.41) is 5.00. The number of amides is 1. The van der Waals surface area contributed by atoms with Crippen LogP contribution in [0.25, 0.3) is 5.69 Å². The summed E-state index contributed by atoms with van der Waals surface area (Å²) in [4.78, 5) is 21.7. The minimum atomic E-state index is 0.294. The minimum Gasteiger partial charge on any atom is -0.342 e. The van der Waals surface area contributed by atoms with Crippen LogP contribution in [0.5, 0.6) is 0 Å². The molecule has 4 heterocycles. The van der Waals surface area contributed by atoms with Crippen LogP contribution in [0.3, 0.4) is 0 Å². The quantitative estimate of drug-likeness (QED) is 0.589. The van der Waals surface area contributed by atoms with E-state index in [1.165, 1.54) is 24.8 Å². The maximum atomic E-state index is 12.6. The van der Waals surface area contributed by atoms with Crippen molar-refractivity contribution in [1.29, 1.82) is 0 Å². The molecule has 9 heteroatoms.